The lowest BCUT2D eigenvalue weighted by molar-refractivity contribution is 0.0300. The molecule has 18 heavy (non-hydrogen) atoms. The molecule has 1 saturated heterocycles. The molecular formula is C14H30N2O2. The summed E-state index contributed by atoms with van der Waals surface area (Å²) < 4.78 is 10.6. The van der Waals surface area contributed by atoms with Gasteiger partial charge < -0.3 is 14.8 Å². The average Bonchev–Trinajstić information content (AvgIpc) is 2.38. The fourth-order valence-electron chi connectivity index (χ4n) is 2.52. The van der Waals surface area contributed by atoms with E-state index in [-0.39, 0.29) is 0 Å². The second-order valence-corrected chi connectivity index (χ2v) is 5.36. The third-order valence-corrected chi connectivity index (χ3v) is 3.91. The maximum Gasteiger partial charge on any atom is 0.0700 e. The normalized spacial score (nSPS) is 27.3. The lowest BCUT2D eigenvalue weighted by atomic mass is 9.95. The summed E-state index contributed by atoms with van der Waals surface area (Å²) in [7, 11) is 1.71. The van der Waals surface area contributed by atoms with Gasteiger partial charge in [-0.1, -0.05) is 20.3 Å². The number of hydrogen-bond acceptors (Lipinski definition) is 4. The van der Waals surface area contributed by atoms with Crippen molar-refractivity contribution in [2.24, 2.45) is 5.92 Å². The van der Waals surface area contributed by atoms with Crippen molar-refractivity contribution in [2.45, 2.75) is 39.3 Å². The lowest BCUT2D eigenvalue weighted by Gasteiger charge is -2.42. The molecule has 108 valence electrons. The van der Waals surface area contributed by atoms with E-state index >= 15 is 0 Å². The van der Waals surface area contributed by atoms with Crippen LogP contribution < -0.4 is 5.32 Å². The second kappa shape index (κ2) is 8.86. The van der Waals surface area contributed by atoms with Gasteiger partial charge in [0.25, 0.3) is 0 Å². The highest BCUT2D eigenvalue weighted by Gasteiger charge is 2.28. The molecule has 1 N–H and O–H groups in total. The number of methoxy groups -OCH3 is 1. The summed E-state index contributed by atoms with van der Waals surface area (Å²) in [6.07, 6.45) is 1.24. The van der Waals surface area contributed by atoms with Crippen LogP contribution in [0.25, 0.3) is 0 Å². The second-order valence-electron chi connectivity index (χ2n) is 5.36. The molecule has 0 aliphatic carbocycles. The molecule has 0 aromatic carbocycles. The third kappa shape index (κ3) is 5.22. The van der Waals surface area contributed by atoms with Crippen LogP contribution in [0, 0.1) is 5.92 Å². The molecule has 1 rings (SSSR count). The Bertz CT molecular complexity index is 214. The van der Waals surface area contributed by atoms with Gasteiger partial charge in [-0.15, -0.1) is 0 Å². The van der Waals surface area contributed by atoms with Crippen LogP contribution in [0.2, 0.25) is 0 Å². The molecule has 0 saturated carbocycles. The average molecular weight is 258 g/mol. The van der Waals surface area contributed by atoms with Crippen molar-refractivity contribution in [1.29, 1.82) is 0 Å². The molecule has 1 aliphatic heterocycles. The summed E-state index contributed by atoms with van der Waals surface area (Å²) in [6.45, 7) is 12.3. The Kier molecular flexibility index (Phi) is 7.82. The molecule has 3 unspecified atom stereocenters. The van der Waals surface area contributed by atoms with Crippen LogP contribution in [-0.4, -0.2) is 63.5 Å². The topological polar surface area (TPSA) is 33.7 Å². The molecule has 0 bridgehead atoms. The number of hydrogen-bond donors (Lipinski definition) is 1. The molecule has 1 heterocycles. The Morgan fingerprint density at radius 3 is 2.78 bits per heavy atom. The summed E-state index contributed by atoms with van der Waals surface area (Å²) in [6, 6.07) is 1.24. The number of nitrogens with zero attached hydrogens (tertiary/aromatic N) is 1. The van der Waals surface area contributed by atoms with Gasteiger partial charge >= 0.3 is 0 Å². The summed E-state index contributed by atoms with van der Waals surface area (Å²) in [4.78, 5) is 2.59. The Balaban J connectivity index is 2.32. The molecule has 0 aromatic rings. The third-order valence-electron chi connectivity index (χ3n) is 3.91. The molecule has 4 heteroatoms. The van der Waals surface area contributed by atoms with E-state index in [2.05, 4.69) is 31.0 Å². The van der Waals surface area contributed by atoms with Crippen LogP contribution in [0.1, 0.15) is 27.2 Å². The summed E-state index contributed by atoms with van der Waals surface area (Å²) in [5.41, 5.74) is 0. The molecule has 3 atom stereocenters. The molecule has 1 aliphatic rings. The van der Waals surface area contributed by atoms with Crippen molar-refractivity contribution in [2.75, 3.05) is 46.6 Å². The van der Waals surface area contributed by atoms with Gasteiger partial charge in [0.05, 0.1) is 19.8 Å². The zero-order valence-electron chi connectivity index (χ0n) is 12.4. The van der Waals surface area contributed by atoms with Crippen molar-refractivity contribution in [3.63, 3.8) is 0 Å². The Morgan fingerprint density at radius 2 is 2.11 bits per heavy atom. The monoisotopic (exact) mass is 258 g/mol. The first-order chi connectivity index (χ1) is 8.69. The van der Waals surface area contributed by atoms with E-state index in [1.165, 1.54) is 6.42 Å². The van der Waals surface area contributed by atoms with Crippen LogP contribution in [0.4, 0.5) is 0 Å². The number of rotatable bonds is 8. The molecule has 0 aromatic heterocycles. The summed E-state index contributed by atoms with van der Waals surface area (Å²) in [5.74, 6) is 0.740. The minimum atomic E-state index is 0.587. The predicted octanol–water partition coefficient (Wildman–Crippen LogP) is 1.36. The van der Waals surface area contributed by atoms with Crippen LogP contribution in [0.3, 0.4) is 0 Å². The van der Waals surface area contributed by atoms with E-state index in [0.717, 1.165) is 32.2 Å². The minimum absolute atomic E-state index is 0.587. The van der Waals surface area contributed by atoms with E-state index in [9.17, 15) is 0 Å². The fourth-order valence-corrected chi connectivity index (χ4v) is 2.52. The summed E-state index contributed by atoms with van der Waals surface area (Å²) in [5, 5.41) is 3.59. The van der Waals surface area contributed by atoms with Gasteiger partial charge in [-0.3, -0.25) is 4.90 Å². The van der Waals surface area contributed by atoms with Gasteiger partial charge in [0.2, 0.25) is 0 Å². The first-order valence-electron chi connectivity index (χ1n) is 7.23. The van der Waals surface area contributed by atoms with Gasteiger partial charge in [-0.2, -0.15) is 0 Å². The van der Waals surface area contributed by atoms with Crippen molar-refractivity contribution in [1.82, 2.24) is 10.2 Å². The fraction of sp³-hybridized carbons (Fsp3) is 1.00. The van der Waals surface area contributed by atoms with Crippen LogP contribution in [0.5, 0.6) is 0 Å². The van der Waals surface area contributed by atoms with Gasteiger partial charge in [-0.25, -0.2) is 0 Å². The van der Waals surface area contributed by atoms with E-state index in [4.69, 9.17) is 9.47 Å². The number of nitrogens with one attached hydrogen (secondary N) is 1. The van der Waals surface area contributed by atoms with Gasteiger partial charge in [-0.05, 0) is 12.8 Å². The lowest BCUT2D eigenvalue weighted by Crippen LogP contribution is -2.58. The number of ether oxygens (including phenoxy) is 2. The highest BCUT2D eigenvalue weighted by Crippen LogP contribution is 2.17. The van der Waals surface area contributed by atoms with E-state index in [1.54, 1.807) is 7.11 Å². The Hall–Kier alpha value is -0.160. The first-order valence-corrected chi connectivity index (χ1v) is 7.23. The van der Waals surface area contributed by atoms with Gasteiger partial charge in [0.1, 0.15) is 0 Å². The van der Waals surface area contributed by atoms with E-state index in [0.29, 0.717) is 25.3 Å². The van der Waals surface area contributed by atoms with Crippen molar-refractivity contribution in [3.05, 3.63) is 0 Å². The Morgan fingerprint density at radius 1 is 1.33 bits per heavy atom. The first kappa shape index (κ1) is 15.9. The molecule has 0 spiro atoms. The Labute approximate surface area is 112 Å². The zero-order chi connectivity index (χ0) is 13.4. The SMILES string of the molecule is CCC(C)C1CNC(C)CN1CCOCCOC. The number of piperazine rings is 1. The van der Waals surface area contributed by atoms with E-state index < -0.39 is 0 Å². The van der Waals surface area contributed by atoms with Gasteiger partial charge in [0.15, 0.2) is 0 Å². The van der Waals surface area contributed by atoms with Crippen molar-refractivity contribution in [3.8, 4) is 0 Å². The standard InChI is InChI=1S/C14H30N2O2/c1-5-12(2)14-10-15-13(3)11-16(14)6-7-18-9-8-17-4/h12-15H,5-11H2,1-4H3. The van der Waals surface area contributed by atoms with Crippen LogP contribution in [0.15, 0.2) is 0 Å². The van der Waals surface area contributed by atoms with E-state index in [1.807, 2.05) is 0 Å². The van der Waals surface area contributed by atoms with Crippen molar-refractivity contribution < 1.29 is 9.47 Å². The molecular weight excluding hydrogens is 228 g/mol. The quantitative estimate of drug-likeness (QED) is 0.667. The zero-order valence-corrected chi connectivity index (χ0v) is 12.4. The molecule has 4 nitrogen and oxygen atoms in total. The largest absolute Gasteiger partial charge is 0.382 e. The highest BCUT2D eigenvalue weighted by atomic mass is 16.5. The van der Waals surface area contributed by atoms with Crippen LogP contribution in [-0.2, 0) is 9.47 Å². The maximum atomic E-state index is 5.59. The van der Waals surface area contributed by atoms with Gasteiger partial charge in [0, 0.05) is 38.8 Å². The maximum absolute atomic E-state index is 5.59. The molecule has 0 amide bonds. The summed E-state index contributed by atoms with van der Waals surface area (Å²) >= 11 is 0. The predicted molar refractivity (Wildman–Crippen MR) is 75.0 cm³/mol. The molecule has 1 fully saturated rings. The van der Waals surface area contributed by atoms with Crippen molar-refractivity contribution >= 4 is 0 Å². The molecule has 0 radical (unpaired) electrons. The highest BCUT2D eigenvalue weighted by molar-refractivity contribution is 4.86. The smallest absolute Gasteiger partial charge is 0.0700 e. The van der Waals surface area contributed by atoms with Crippen LogP contribution >= 0.6 is 0 Å². The minimum Gasteiger partial charge on any atom is -0.382 e.